The van der Waals surface area contributed by atoms with Gasteiger partial charge in [0.2, 0.25) is 5.91 Å². The second-order valence-electron chi connectivity index (χ2n) is 5.90. The maximum atomic E-state index is 11.8. The molecule has 0 aliphatic rings. The molecule has 5 nitrogen and oxygen atoms in total. The summed E-state index contributed by atoms with van der Waals surface area (Å²) in [5.41, 5.74) is 2.00. The molecule has 0 spiro atoms. The van der Waals surface area contributed by atoms with Crippen molar-refractivity contribution in [3.05, 3.63) is 90.4 Å². The van der Waals surface area contributed by atoms with E-state index in [2.05, 4.69) is 22.8 Å². The van der Waals surface area contributed by atoms with Gasteiger partial charge in [0.1, 0.15) is 11.5 Å². The van der Waals surface area contributed by atoms with Crippen molar-refractivity contribution >= 4 is 35.0 Å². The van der Waals surface area contributed by atoms with E-state index in [1.54, 1.807) is 24.5 Å². The topological polar surface area (TPSA) is 63.5 Å². The van der Waals surface area contributed by atoms with Gasteiger partial charge in [-0.05, 0) is 60.3 Å². The number of thiocarbonyl (C=S) groups is 1. The van der Waals surface area contributed by atoms with Crippen molar-refractivity contribution in [1.29, 1.82) is 0 Å². The highest BCUT2D eigenvalue weighted by molar-refractivity contribution is 7.80. The molecule has 3 aromatic rings. The van der Waals surface area contributed by atoms with Crippen molar-refractivity contribution in [2.45, 2.75) is 6.42 Å². The van der Waals surface area contributed by atoms with Gasteiger partial charge in [0, 0.05) is 18.2 Å². The lowest BCUT2D eigenvalue weighted by molar-refractivity contribution is -0.115. The first-order valence-corrected chi connectivity index (χ1v) is 9.20. The third-order valence-corrected chi connectivity index (χ3v) is 4.00. The van der Waals surface area contributed by atoms with Crippen LogP contribution in [0.15, 0.2) is 83.5 Å². The van der Waals surface area contributed by atoms with Crippen LogP contribution in [0.2, 0.25) is 0 Å². The number of amides is 1. The molecule has 142 valence electrons. The van der Waals surface area contributed by atoms with Gasteiger partial charge < -0.3 is 14.5 Å². The molecule has 0 saturated carbocycles. The molecule has 1 amide bonds. The van der Waals surface area contributed by atoms with E-state index < -0.39 is 0 Å². The van der Waals surface area contributed by atoms with Gasteiger partial charge in [0.15, 0.2) is 5.11 Å². The summed E-state index contributed by atoms with van der Waals surface area (Å²) >= 11 is 5.15. The smallest absolute Gasteiger partial charge is 0.250 e. The molecule has 0 bridgehead atoms. The number of nitrogens with one attached hydrogen (secondary N) is 2. The maximum Gasteiger partial charge on any atom is 0.250 e. The van der Waals surface area contributed by atoms with Gasteiger partial charge in [0.05, 0.1) is 12.9 Å². The Balaban J connectivity index is 1.41. The zero-order chi connectivity index (χ0) is 19.6. The minimum Gasteiger partial charge on any atom is -0.493 e. The largest absolute Gasteiger partial charge is 0.493 e. The molecule has 0 atom stereocenters. The maximum absolute atomic E-state index is 11.8. The fourth-order valence-corrected chi connectivity index (χ4v) is 2.64. The molecule has 0 radical (unpaired) electrons. The average molecular weight is 392 g/mol. The Labute approximate surface area is 169 Å². The Bertz CT molecular complexity index is 920. The van der Waals surface area contributed by atoms with Crippen LogP contribution in [0.5, 0.6) is 5.75 Å². The van der Waals surface area contributed by atoms with E-state index in [-0.39, 0.29) is 11.0 Å². The molecule has 1 aromatic heterocycles. The molecular formula is C22H20N2O3S. The van der Waals surface area contributed by atoms with Gasteiger partial charge >= 0.3 is 0 Å². The van der Waals surface area contributed by atoms with Crippen LogP contribution in [0.1, 0.15) is 11.3 Å². The quantitative estimate of drug-likeness (QED) is 0.460. The first-order chi connectivity index (χ1) is 13.7. The van der Waals surface area contributed by atoms with Gasteiger partial charge in [-0.15, -0.1) is 0 Å². The third-order valence-electron chi connectivity index (χ3n) is 3.79. The highest BCUT2D eigenvalue weighted by atomic mass is 32.1. The SMILES string of the molecule is O=C(/C=C/c1ccco1)NC(=S)Nc1ccc(OCCc2ccccc2)cc1. The summed E-state index contributed by atoms with van der Waals surface area (Å²) < 4.78 is 10.9. The number of benzene rings is 2. The van der Waals surface area contributed by atoms with Crippen LogP contribution in [0.3, 0.4) is 0 Å². The molecule has 28 heavy (non-hydrogen) atoms. The van der Waals surface area contributed by atoms with Crippen LogP contribution in [0.25, 0.3) is 6.08 Å². The second-order valence-corrected chi connectivity index (χ2v) is 6.31. The minimum atomic E-state index is -0.338. The van der Waals surface area contributed by atoms with E-state index >= 15 is 0 Å². The van der Waals surface area contributed by atoms with Crippen molar-refractivity contribution in [1.82, 2.24) is 5.32 Å². The number of carbonyl (C=O) groups excluding carboxylic acids is 1. The third kappa shape index (κ3) is 6.41. The summed E-state index contributed by atoms with van der Waals surface area (Å²) in [6.45, 7) is 0.604. The molecule has 0 saturated heterocycles. The van der Waals surface area contributed by atoms with Crippen molar-refractivity contribution in [2.24, 2.45) is 0 Å². The van der Waals surface area contributed by atoms with E-state index in [1.165, 1.54) is 11.6 Å². The van der Waals surface area contributed by atoms with Crippen LogP contribution in [0.4, 0.5) is 5.69 Å². The summed E-state index contributed by atoms with van der Waals surface area (Å²) in [5.74, 6) is 1.03. The van der Waals surface area contributed by atoms with E-state index in [0.29, 0.717) is 12.4 Å². The Hall–Kier alpha value is -3.38. The van der Waals surface area contributed by atoms with Crippen molar-refractivity contribution in [3.63, 3.8) is 0 Å². The predicted molar refractivity (Wildman–Crippen MR) is 114 cm³/mol. The number of carbonyl (C=O) groups is 1. The van der Waals surface area contributed by atoms with Crippen LogP contribution in [0, 0.1) is 0 Å². The van der Waals surface area contributed by atoms with Gasteiger partial charge in [-0.25, -0.2) is 0 Å². The molecule has 3 rings (SSSR count). The van der Waals surface area contributed by atoms with Gasteiger partial charge in [-0.3, -0.25) is 10.1 Å². The van der Waals surface area contributed by atoms with Crippen molar-refractivity contribution in [2.75, 3.05) is 11.9 Å². The van der Waals surface area contributed by atoms with Gasteiger partial charge in [0.25, 0.3) is 0 Å². The standard InChI is InChI=1S/C22H20N2O3S/c25-21(13-12-19-7-4-15-26-19)24-22(28)23-18-8-10-20(11-9-18)27-16-14-17-5-2-1-3-6-17/h1-13,15H,14,16H2,(H2,23,24,25,28)/b13-12+. The molecule has 0 unspecified atom stereocenters. The lowest BCUT2D eigenvalue weighted by atomic mass is 10.2. The molecule has 2 N–H and O–H groups in total. The summed E-state index contributed by atoms with van der Waals surface area (Å²) in [6.07, 6.45) is 5.32. The van der Waals surface area contributed by atoms with E-state index in [0.717, 1.165) is 17.9 Å². The Morgan fingerprint density at radius 2 is 1.82 bits per heavy atom. The Kier molecular flexibility index (Phi) is 6.98. The highest BCUT2D eigenvalue weighted by Crippen LogP contribution is 2.16. The monoisotopic (exact) mass is 392 g/mol. The molecule has 6 heteroatoms. The normalized spacial score (nSPS) is 10.6. The van der Waals surface area contributed by atoms with Crippen LogP contribution in [-0.2, 0) is 11.2 Å². The summed E-state index contributed by atoms with van der Waals surface area (Å²) in [4.78, 5) is 11.8. The summed E-state index contributed by atoms with van der Waals surface area (Å²) in [5, 5.41) is 5.76. The number of ether oxygens (including phenoxy) is 1. The molecule has 2 aromatic carbocycles. The van der Waals surface area contributed by atoms with Gasteiger partial charge in [-0.2, -0.15) is 0 Å². The van der Waals surface area contributed by atoms with Crippen LogP contribution in [-0.4, -0.2) is 17.6 Å². The molecule has 1 heterocycles. The number of hydrogen-bond donors (Lipinski definition) is 2. The molecular weight excluding hydrogens is 372 g/mol. The number of anilines is 1. The summed E-state index contributed by atoms with van der Waals surface area (Å²) in [6, 6.07) is 21.1. The zero-order valence-corrected chi connectivity index (χ0v) is 15.9. The lowest BCUT2D eigenvalue weighted by Gasteiger charge is -2.10. The lowest BCUT2D eigenvalue weighted by Crippen LogP contribution is -2.32. The van der Waals surface area contributed by atoms with Crippen molar-refractivity contribution < 1.29 is 13.9 Å². The first-order valence-electron chi connectivity index (χ1n) is 8.79. The number of furan rings is 1. The number of rotatable bonds is 7. The summed E-state index contributed by atoms with van der Waals surface area (Å²) in [7, 11) is 0. The van der Waals surface area contributed by atoms with E-state index in [9.17, 15) is 4.79 Å². The van der Waals surface area contributed by atoms with Crippen LogP contribution >= 0.6 is 12.2 Å². The highest BCUT2D eigenvalue weighted by Gasteiger charge is 2.03. The van der Waals surface area contributed by atoms with E-state index in [1.807, 2.05) is 42.5 Å². The van der Waals surface area contributed by atoms with Gasteiger partial charge in [-0.1, -0.05) is 30.3 Å². The van der Waals surface area contributed by atoms with Crippen molar-refractivity contribution in [3.8, 4) is 5.75 Å². The Morgan fingerprint density at radius 3 is 2.54 bits per heavy atom. The fourth-order valence-electron chi connectivity index (χ4n) is 2.43. The fraction of sp³-hybridized carbons (Fsp3) is 0.0909. The zero-order valence-electron chi connectivity index (χ0n) is 15.1. The second kappa shape index (κ2) is 10.1. The molecule has 0 aliphatic heterocycles. The number of hydrogen-bond acceptors (Lipinski definition) is 4. The molecule has 0 aliphatic carbocycles. The first kappa shape index (κ1) is 19.4. The average Bonchev–Trinajstić information content (AvgIpc) is 3.22. The predicted octanol–water partition coefficient (Wildman–Crippen LogP) is 4.43. The molecule has 0 fully saturated rings. The minimum absolute atomic E-state index is 0.215. The van der Waals surface area contributed by atoms with E-state index in [4.69, 9.17) is 21.4 Å². The Morgan fingerprint density at radius 1 is 1.04 bits per heavy atom. The van der Waals surface area contributed by atoms with Crippen LogP contribution < -0.4 is 15.4 Å².